The fraction of sp³-hybridized carbons (Fsp3) is 0.217. The van der Waals surface area contributed by atoms with Gasteiger partial charge in [-0.2, -0.15) is 5.10 Å². The SMILES string of the molecule is CC(C)n1nc(-c2ccccc2C(N)Cc2ccccn2)c2ccccc21. The van der Waals surface area contributed by atoms with E-state index in [2.05, 4.69) is 66.0 Å². The maximum Gasteiger partial charge on any atom is 0.100 e. The van der Waals surface area contributed by atoms with E-state index in [1.807, 2.05) is 30.5 Å². The highest BCUT2D eigenvalue weighted by atomic mass is 15.3. The molecule has 0 fully saturated rings. The van der Waals surface area contributed by atoms with Crippen LogP contribution >= 0.6 is 0 Å². The molecule has 0 amide bonds. The Morgan fingerprint density at radius 2 is 1.67 bits per heavy atom. The Labute approximate surface area is 159 Å². The summed E-state index contributed by atoms with van der Waals surface area (Å²) < 4.78 is 2.09. The van der Waals surface area contributed by atoms with Crippen LogP contribution in [0.15, 0.2) is 72.9 Å². The van der Waals surface area contributed by atoms with Gasteiger partial charge in [0.25, 0.3) is 0 Å². The quantitative estimate of drug-likeness (QED) is 0.552. The van der Waals surface area contributed by atoms with Crippen LogP contribution in [0.3, 0.4) is 0 Å². The molecule has 0 radical (unpaired) electrons. The second kappa shape index (κ2) is 7.33. The highest BCUT2D eigenvalue weighted by molar-refractivity contribution is 5.94. The molecule has 0 saturated heterocycles. The van der Waals surface area contributed by atoms with Gasteiger partial charge in [0.15, 0.2) is 0 Å². The van der Waals surface area contributed by atoms with Gasteiger partial charge in [0, 0.05) is 41.3 Å². The van der Waals surface area contributed by atoms with Gasteiger partial charge in [-0.1, -0.05) is 48.5 Å². The van der Waals surface area contributed by atoms with E-state index in [1.54, 1.807) is 0 Å². The summed E-state index contributed by atoms with van der Waals surface area (Å²) in [4.78, 5) is 4.42. The van der Waals surface area contributed by atoms with Crippen molar-refractivity contribution in [1.29, 1.82) is 0 Å². The zero-order chi connectivity index (χ0) is 18.8. The Hall–Kier alpha value is -2.98. The number of para-hydroxylation sites is 1. The molecule has 0 aliphatic rings. The third kappa shape index (κ3) is 3.36. The number of nitrogens with two attached hydrogens (primary N) is 1. The number of pyridine rings is 1. The lowest BCUT2D eigenvalue weighted by atomic mass is 9.94. The van der Waals surface area contributed by atoms with Gasteiger partial charge < -0.3 is 5.73 Å². The molecule has 4 rings (SSSR count). The summed E-state index contributed by atoms with van der Waals surface area (Å²) in [5.41, 5.74) is 11.9. The van der Waals surface area contributed by atoms with Gasteiger partial charge in [-0.15, -0.1) is 0 Å². The number of hydrogen-bond acceptors (Lipinski definition) is 3. The van der Waals surface area contributed by atoms with Crippen LogP contribution < -0.4 is 5.73 Å². The lowest BCUT2D eigenvalue weighted by Gasteiger charge is -2.15. The van der Waals surface area contributed by atoms with Gasteiger partial charge in [-0.05, 0) is 37.6 Å². The van der Waals surface area contributed by atoms with Crippen LogP contribution in [-0.2, 0) is 6.42 Å². The first-order valence-corrected chi connectivity index (χ1v) is 9.37. The van der Waals surface area contributed by atoms with E-state index in [4.69, 9.17) is 10.8 Å². The first-order valence-electron chi connectivity index (χ1n) is 9.37. The molecule has 4 nitrogen and oxygen atoms in total. The van der Waals surface area contributed by atoms with Crippen molar-refractivity contribution in [3.8, 4) is 11.3 Å². The van der Waals surface area contributed by atoms with Crippen molar-refractivity contribution in [2.75, 3.05) is 0 Å². The van der Waals surface area contributed by atoms with Crippen molar-refractivity contribution in [1.82, 2.24) is 14.8 Å². The van der Waals surface area contributed by atoms with E-state index in [0.29, 0.717) is 6.42 Å². The molecule has 0 spiro atoms. The van der Waals surface area contributed by atoms with E-state index in [-0.39, 0.29) is 12.1 Å². The maximum absolute atomic E-state index is 6.60. The molecule has 4 aromatic rings. The number of nitrogens with zero attached hydrogens (tertiary/aromatic N) is 3. The smallest absolute Gasteiger partial charge is 0.100 e. The first-order chi connectivity index (χ1) is 13.1. The highest BCUT2D eigenvalue weighted by Crippen LogP contribution is 2.34. The summed E-state index contributed by atoms with van der Waals surface area (Å²) in [6.07, 6.45) is 2.51. The Morgan fingerprint density at radius 1 is 0.926 bits per heavy atom. The molecular formula is C23H24N4. The fourth-order valence-corrected chi connectivity index (χ4v) is 3.57. The van der Waals surface area contributed by atoms with Crippen molar-refractivity contribution in [2.24, 2.45) is 5.73 Å². The van der Waals surface area contributed by atoms with Crippen molar-refractivity contribution in [3.05, 3.63) is 84.2 Å². The summed E-state index contributed by atoms with van der Waals surface area (Å²) in [7, 11) is 0. The Morgan fingerprint density at radius 3 is 2.44 bits per heavy atom. The minimum atomic E-state index is -0.140. The molecule has 2 aromatic carbocycles. The Balaban J connectivity index is 1.81. The molecule has 1 unspecified atom stereocenters. The standard InChI is InChI=1S/C23H24N4/c1-16(2)27-22-13-6-5-12-20(22)23(26-27)19-11-4-3-10-18(19)21(24)15-17-9-7-8-14-25-17/h3-14,16,21H,15,24H2,1-2H3. The average molecular weight is 356 g/mol. The van der Waals surface area contributed by atoms with Crippen LogP contribution in [0.25, 0.3) is 22.2 Å². The van der Waals surface area contributed by atoms with E-state index in [0.717, 1.165) is 33.4 Å². The zero-order valence-corrected chi connectivity index (χ0v) is 15.7. The van der Waals surface area contributed by atoms with Gasteiger partial charge in [0.05, 0.1) is 5.52 Å². The van der Waals surface area contributed by atoms with E-state index < -0.39 is 0 Å². The summed E-state index contributed by atoms with van der Waals surface area (Å²) in [5, 5.41) is 6.11. The third-order valence-electron chi connectivity index (χ3n) is 4.87. The molecule has 2 N–H and O–H groups in total. The molecule has 0 aliphatic carbocycles. The van der Waals surface area contributed by atoms with E-state index in [1.165, 1.54) is 0 Å². The molecule has 27 heavy (non-hydrogen) atoms. The summed E-state index contributed by atoms with van der Waals surface area (Å²) in [6.45, 7) is 4.31. The molecule has 0 aliphatic heterocycles. The van der Waals surface area contributed by atoms with Crippen molar-refractivity contribution >= 4 is 10.9 Å². The van der Waals surface area contributed by atoms with Crippen LogP contribution in [0, 0.1) is 0 Å². The van der Waals surface area contributed by atoms with E-state index in [9.17, 15) is 0 Å². The van der Waals surface area contributed by atoms with E-state index >= 15 is 0 Å². The van der Waals surface area contributed by atoms with Crippen LogP contribution in [0.1, 0.15) is 37.2 Å². The lowest BCUT2D eigenvalue weighted by molar-refractivity contribution is 0.552. The number of benzene rings is 2. The van der Waals surface area contributed by atoms with Crippen LogP contribution in [0.4, 0.5) is 0 Å². The minimum Gasteiger partial charge on any atom is -0.324 e. The van der Waals surface area contributed by atoms with Crippen molar-refractivity contribution in [3.63, 3.8) is 0 Å². The Kier molecular flexibility index (Phi) is 4.73. The van der Waals surface area contributed by atoms with Crippen molar-refractivity contribution < 1.29 is 0 Å². The predicted molar refractivity (Wildman–Crippen MR) is 110 cm³/mol. The summed E-state index contributed by atoms with van der Waals surface area (Å²) >= 11 is 0. The van der Waals surface area contributed by atoms with Gasteiger partial charge in [-0.25, -0.2) is 0 Å². The molecular weight excluding hydrogens is 332 g/mol. The largest absolute Gasteiger partial charge is 0.324 e. The highest BCUT2D eigenvalue weighted by Gasteiger charge is 2.19. The first kappa shape index (κ1) is 17.4. The third-order valence-corrected chi connectivity index (χ3v) is 4.87. The molecule has 1 atom stereocenters. The second-order valence-electron chi connectivity index (χ2n) is 7.12. The second-order valence-corrected chi connectivity index (χ2v) is 7.12. The average Bonchev–Trinajstić information content (AvgIpc) is 3.09. The predicted octanol–water partition coefficient (Wildman–Crippen LogP) is 4.92. The summed E-state index contributed by atoms with van der Waals surface area (Å²) in [5.74, 6) is 0. The summed E-state index contributed by atoms with van der Waals surface area (Å²) in [6, 6.07) is 22.8. The molecule has 136 valence electrons. The molecule has 0 saturated carbocycles. The van der Waals surface area contributed by atoms with Gasteiger partial charge in [-0.3, -0.25) is 9.67 Å². The fourth-order valence-electron chi connectivity index (χ4n) is 3.57. The minimum absolute atomic E-state index is 0.140. The topological polar surface area (TPSA) is 56.7 Å². The van der Waals surface area contributed by atoms with Crippen LogP contribution in [-0.4, -0.2) is 14.8 Å². The van der Waals surface area contributed by atoms with Crippen molar-refractivity contribution in [2.45, 2.75) is 32.4 Å². The Bertz CT molecular complexity index is 1050. The number of rotatable bonds is 5. The molecule has 2 aromatic heterocycles. The maximum atomic E-state index is 6.60. The number of fused-ring (bicyclic) bond motifs is 1. The van der Waals surface area contributed by atoms with Gasteiger partial charge in [0.2, 0.25) is 0 Å². The van der Waals surface area contributed by atoms with Crippen LogP contribution in [0.5, 0.6) is 0 Å². The lowest BCUT2D eigenvalue weighted by Crippen LogP contribution is -2.15. The molecule has 0 bridgehead atoms. The molecule has 4 heteroatoms. The zero-order valence-electron chi connectivity index (χ0n) is 15.7. The number of hydrogen-bond donors (Lipinski definition) is 1. The van der Waals surface area contributed by atoms with Gasteiger partial charge in [0.1, 0.15) is 5.69 Å². The normalized spacial score (nSPS) is 12.6. The monoisotopic (exact) mass is 356 g/mol. The number of aromatic nitrogens is 3. The van der Waals surface area contributed by atoms with Crippen LogP contribution in [0.2, 0.25) is 0 Å². The molecule has 2 heterocycles. The van der Waals surface area contributed by atoms with Gasteiger partial charge >= 0.3 is 0 Å².